The van der Waals surface area contributed by atoms with E-state index in [1.165, 1.54) is 10.4 Å². The highest BCUT2D eigenvalue weighted by molar-refractivity contribution is 7.15. The van der Waals surface area contributed by atoms with E-state index in [0.29, 0.717) is 38.3 Å². The van der Waals surface area contributed by atoms with Crippen LogP contribution in [-0.2, 0) is 13.1 Å². The summed E-state index contributed by atoms with van der Waals surface area (Å²) >= 11 is 1.71. The van der Waals surface area contributed by atoms with Crippen LogP contribution in [0.1, 0.15) is 32.1 Å². The molecule has 3 amide bonds. The minimum absolute atomic E-state index is 0.0701. The lowest BCUT2D eigenvalue weighted by molar-refractivity contribution is 0.0950. The van der Waals surface area contributed by atoms with Crippen LogP contribution in [-0.4, -0.2) is 48.0 Å². The highest BCUT2D eigenvalue weighted by Gasteiger charge is 2.19. The fraction of sp³-hybridized carbons (Fsp3) is 0.320. The summed E-state index contributed by atoms with van der Waals surface area (Å²) in [6, 6.07) is 18.0. The third kappa shape index (κ3) is 5.90. The van der Waals surface area contributed by atoms with Gasteiger partial charge in [0.15, 0.2) is 5.13 Å². The maximum Gasteiger partial charge on any atom is 0.317 e. The molecule has 8 heteroatoms. The van der Waals surface area contributed by atoms with E-state index in [1.54, 1.807) is 16.2 Å². The van der Waals surface area contributed by atoms with Gasteiger partial charge in [0.05, 0.1) is 5.69 Å². The van der Waals surface area contributed by atoms with Crippen molar-refractivity contribution in [1.82, 2.24) is 20.5 Å². The first-order chi connectivity index (χ1) is 16.0. The second-order valence-corrected chi connectivity index (χ2v) is 9.33. The molecule has 1 fully saturated rings. The van der Waals surface area contributed by atoms with Gasteiger partial charge < -0.3 is 20.4 Å². The molecule has 1 aliphatic rings. The smallest absolute Gasteiger partial charge is 0.317 e. The van der Waals surface area contributed by atoms with Crippen LogP contribution < -0.4 is 15.5 Å². The fourth-order valence-electron chi connectivity index (χ4n) is 3.70. The third-order valence-electron chi connectivity index (χ3n) is 5.71. The average Bonchev–Trinajstić information content (AvgIpc) is 3.39. The van der Waals surface area contributed by atoms with Gasteiger partial charge in [-0.25, -0.2) is 9.78 Å². The molecular formula is C25H29N5O2S. The van der Waals surface area contributed by atoms with E-state index in [0.717, 1.165) is 22.9 Å². The number of aromatic nitrogens is 1. The second-order valence-electron chi connectivity index (χ2n) is 8.15. The Bertz CT molecular complexity index is 1080. The lowest BCUT2D eigenvalue weighted by atomic mass is 10.1. The van der Waals surface area contributed by atoms with E-state index in [9.17, 15) is 9.59 Å². The molecule has 2 heterocycles. The van der Waals surface area contributed by atoms with E-state index in [4.69, 9.17) is 4.98 Å². The number of carbonyl (C=O) groups is 2. The molecule has 33 heavy (non-hydrogen) atoms. The van der Waals surface area contributed by atoms with Crippen molar-refractivity contribution in [1.29, 1.82) is 0 Å². The average molecular weight is 464 g/mol. The Hall–Kier alpha value is -3.39. The Labute approximate surface area is 198 Å². The Balaban J connectivity index is 1.39. The van der Waals surface area contributed by atoms with Crippen molar-refractivity contribution in [2.45, 2.75) is 26.9 Å². The van der Waals surface area contributed by atoms with Crippen LogP contribution in [0.15, 0.2) is 54.6 Å². The summed E-state index contributed by atoms with van der Waals surface area (Å²) < 4.78 is 0. The number of benzene rings is 2. The third-order valence-corrected chi connectivity index (χ3v) is 6.84. The van der Waals surface area contributed by atoms with E-state index in [2.05, 4.69) is 46.7 Å². The van der Waals surface area contributed by atoms with Gasteiger partial charge in [-0.15, -0.1) is 11.3 Å². The first kappa shape index (κ1) is 22.8. The maximum atomic E-state index is 12.5. The van der Waals surface area contributed by atoms with Crippen molar-refractivity contribution in [3.8, 4) is 0 Å². The zero-order valence-electron chi connectivity index (χ0n) is 19.0. The van der Waals surface area contributed by atoms with Crippen molar-refractivity contribution < 1.29 is 9.59 Å². The SMILES string of the molecule is Cc1nc(N(Cc2ccccc2)Cc2ccc(C(=O)NCCN3CCNC3=O)cc2)sc1C. The van der Waals surface area contributed by atoms with Crippen LogP contribution >= 0.6 is 11.3 Å². The van der Waals surface area contributed by atoms with Gasteiger partial charge in [-0.3, -0.25) is 4.79 Å². The lowest BCUT2D eigenvalue weighted by Crippen LogP contribution is -2.36. The molecule has 0 radical (unpaired) electrons. The molecule has 0 spiro atoms. The van der Waals surface area contributed by atoms with Gasteiger partial charge in [0.1, 0.15) is 0 Å². The fourth-order valence-corrected chi connectivity index (χ4v) is 4.61. The summed E-state index contributed by atoms with van der Waals surface area (Å²) in [7, 11) is 0. The normalized spacial score (nSPS) is 13.2. The maximum absolute atomic E-state index is 12.5. The molecule has 0 bridgehead atoms. The van der Waals surface area contributed by atoms with Crippen LogP contribution in [0, 0.1) is 13.8 Å². The number of nitrogens with one attached hydrogen (secondary N) is 2. The van der Waals surface area contributed by atoms with Gasteiger partial charge in [-0.05, 0) is 37.1 Å². The largest absolute Gasteiger partial charge is 0.350 e. The van der Waals surface area contributed by atoms with Crippen molar-refractivity contribution >= 4 is 28.4 Å². The van der Waals surface area contributed by atoms with E-state index in [-0.39, 0.29) is 11.9 Å². The van der Waals surface area contributed by atoms with Crippen molar-refractivity contribution in [2.24, 2.45) is 0 Å². The van der Waals surface area contributed by atoms with Crippen LogP contribution in [0.5, 0.6) is 0 Å². The number of carbonyl (C=O) groups excluding carboxylic acids is 2. The molecule has 0 aliphatic carbocycles. The number of thiazole rings is 1. The molecule has 0 unspecified atom stereocenters. The van der Waals surface area contributed by atoms with Gasteiger partial charge in [0.2, 0.25) is 0 Å². The van der Waals surface area contributed by atoms with Crippen LogP contribution in [0.3, 0.4) is 0 Å². The zero-order valence-corrected chi connectivity index (χ0v) is 19.8. The van der Waals surface area contributed by atoms with Crippen LogP contribution in [0.2, 0.25) is 0 Å². The molecule has 3 aromatic rings. The first-order valence-electron chi connectivity index (χ1n) is 11.1. The highest BCUT2D eigenvalue weighted by Crippen LogP contribution is 2.28. The number of urea groups is 1. The van der Waals surface area contributed by atoms with Crippen LogP contribution in [0.25, 0.3) is 0 Å². The predicted molar refractivity (Wildman–Crippen MR) is 132 cm³/mol. The minimum Gasteiger partial charge on any atom is -0.350 e. The van der Waals surface area contributed by atoms with Gasteiger partial charge >= 0.3 is 6.03 Å². The number of nitrogens with zero attached hydrogens (tertiary/aromatic N) is 3. The first-order valence-corrected chi connectivity index (χ1v) is 11.9. The standard InChI is InChI=1S/C25H29N5O2S/c1-18-19(2)33-25(28-18)30(16-20-6-4-3-5-7-20)17-21-8-10-22(11-9-21)23(31)26-12-14-29-15-13-27-24(29)32/h3-11H,12-17H2,1-2H3,(H,26,31)(H,27,32). The number of amides is 3. The highest BCUT2D eigenvalue weighted by atomic mass is 32.1. The van der Waals surface area contributed by atoms with E-state index in [1.807, 2.05) is 37.3 Å². The molecule has 1 aliphatic heterocycles. The lowest BCUT2D eigenvalue weighted by Gasteiger charge is -2.22. The summed E-state index contributed by atoms with van der Waals surface area (Å²) in [5, 5.41) is 6.66. The Morgan fingerprint density at radius 2 is 1.79 bits per heavy atom. The molecule has 2 N–H and O–H groups in total. The number of hydrogen-bond donors (Lipinski definition) is 2. The summed E-state index contributed by atoms with van der Waals surface area (Å²) in [6.07, 6.45) is 0. The molecule has 2 aromatic carbocycles. The monoisotopic (exact) mass is 463 g/mol. The molecule has 1 saturated heterocycles. The molecule has 1 aromatic heterocycles. The Morgan fingerprint density at radius 1 is 1.09 bits per heavy atom. The predicted octanol–water partition coefficient (Wildman–Crippen LogP) is 3.72. The molecule has 7 nitrogen and oxygen atoms in total. The van der Waals surface area contributed by atoms with Gasteiger partial charge in [-0.2, -0.15) is 0 Å². The summed E-state index contributed by atoms with van der Waals surface area (Å²) in [4.78, 5) is 34.0. The van der Waals surface area contributed by atoms with Crippen LogP contribution in [0.4, 0.5) is 9.93 Å². The van der Waals surface area contributed by atoms with Crippen molar-refractivity contribution in [3.05, 3.63) is 81.9 Å². The molecular weight excluding hydrogens is 434 g/mol. The quantitative estimate of drug-likeness (QED) is 0.507. The molecule has 172 valence electrons. The van der Waals surface area contributed by atoms with Gasteiger partial charge in [-0.1, -0.05) is 42.5 Å². The molecule has 4 rings (SSSR count). The van der Waals surface area contributed by atoms with E-state index < -0.39 is 0 Å². The Morgan fingerprint density at radius 3 is 2.39 bits per heavy atom. The summed E-state index contributed by atoms with van der Waals surface area (Å²) in [5.74, 6) is -0.131. The number of hydrogen-bond acceptors (Lipinski definition) is 5. The van der Waals surface area contributed by atoms with Gasteiger partial charge in [0.25, 0.3) is 5.91 Å². The molecule has 0 atom stereocenters. The summed E-state index contributed by atoms with van der Waals surface area (Å²) in [5.41, 5.74) is 4.01. The van der Waals surface area contributed by atoms with Gasteiger partial charge in [0, 0.05) is 49.7 Å². The van der Waals surface area contributed by atoms with Crippen molar-refractivity contribution in [2.75, 3.05) is 31.1 Å². The second kappa shape index (κ2) is 10.5. The minimum atomic E-state index is -0.131. The summed E-state index contributed by atoms with van der Waals surface area (Å²) in [6.45, 7) is 7.89. The zero-order chi connectivity index (χ0) is 23.2. The van der Waals surface area contributed by atoms with Crippen molar-refractivity contribution in [3.63, 3.8) is 0 Å². The van der Waals surface area contributed by atoms with E-state index >= 15 is 0 Å². The number of anilines is 1. The number of rotatable bonds is 9. The molecule has 0 saturated carbocycles. The number of aryl methyl sites for hydroxylation is 2. The topological polar surface area (TPSA) is 77.6 Å². The Kier molecular flexibility index (Phi) is 7.24.